The summed E-state index contributed by atoms with van der Waals surface area (Å²) in [5.74, 6) is 0. The summed E-state index contributed by atoms with van der Waals surface area (Å²) in [5, 5.41) is 0. The molecule has 0 nitrogen and oxygen atoms in total. The van der Waals surface area contributed by atoms with E-state index in [0.29, 0.717) is 12.9 Å². The molecule has 0 aliphatic carbocycles. The van der Waals surface area contributed by atoms with Gasteiger partial charge in [0.1, 0.15) is 0 Å². The van der Waals surface area contributed by atoms with Crippen LogP contribution in [-0.2, 0) is 30.0 Å². The van der Waals surface area contributed by atoms with Gasteiger partial charge in [0.2, 0.25) is 0 Å². The van der Waals surface area contributed by atoms with Crippen molar-refractivity contribution in [3.05, 3.63) is 0 Å². The SMILES string of the molecule is F.[Cl][Co][Cl].[F-].[F-].[Mn+2]. The summed E-state index contributed by atoms with van der Waals surface area (Å²) < 4.78 is 0. The summed E-state index contributed by atoms with van der Waals surface area (Å²) in [7, 11) is 9.47. The first kappa shape index (κ1) is 39.8. The van der Waals surface area contributed by atoms with E-state index in [2.05, 4.69) is 0 Å². The smallest absolute Gasteiger partial charge is 1.00 e. The molecule has 0 aromatic heterocycles. The first-order valence-electron chi connectivity index (χ1n) is 0.252. The Morgan fingerprint density at radius 2 is 1.00 bits per heavy atom. The van der Waals surface area contributed by atoms with Gasteiger partial charge in [-0.25, -0.2) is 0 Å². The van der Waals surface area contributed by atoms with E-state index in [1.54, 1.807) is 0 Å². The molecule has 52 valence electrons. The van der Waals surface area contributed by atoms with Gasteiger partial charge >= 0.3 is 50.3 Å². The third-order valence-electron chi connectivity index (χ3n) is 0. The van der Waals surface area contributed by atoms with Crippen molar-refractivity contribution >= 4 is 20.3 Å². The number of halogens is 5. The molecule has 0 aromatic rings. The van der Waals surface area contributed by atoms with Crippen LogP contribution in [0.2, 0.25) is 0 Å². The third-order valence-corrected chi connectivity index (χ3v) is 0. The Kier molecular flexibility index (Phi) is 300. The van der Waals surface area contributed by atoms with E-state index in [4.69, 9.17) is 20.3 Å². The largest absolute Gasteiger partial charge is 2.00 e. The van der Waals surface area contributed by atoms with Gasteiger partial charge in [-0.05, 0) is 0 Å². The van der Waals surface area contributed by atoms with Gasteiger partial charge in [0.05, 0.1) is 0 Å². The van der Waals surface area contributed by atoms with Crippen LogP contribution >= 0.6 is 20.3 Å². The maximum Gasteiger partial charge on any atom is 2.00 e. The molecule has 0 aliphatic rings. The molecule has 0 amide bonds. The van der Waals surface area contributed by atoms with Crippen molar-refractivity contribution in [2.45, 2.75) is 0 Å². The van der Waals surface area contributed by atoms with Crippen molar-refractivity contribution < 1.29 is 44.1 Å². The average Bonchev–Trinajstić information content (AvgIpc) is 0.918. The molecule has 7 heteroatoms. The number of hydrogen-bond acceptors (Lipinski definition) is 0. The Bertz CT molecular complexity index is 12.9. The van der Waals surface area contributed by atoms with Gasteiger partial charge < -0.3 is 9.41 Å². The van der Waals surface area contributed by atoms with Crippen LogP contribution in [0.5, 0.6) is 0 Å². The molecule has 0 unspecified atom stereocenters. The Balaban J connectivity index is -0.00000000333. The van der Waals surface area contributed by atoms with Gasteiger partial charge in [-0.2, -0.15) is 0 Å². The Labute approximate surface area is 64.4 Å². The van der Waals surface area contributed by atoms with Crippen LogP contribution in [0.4, 0.5) is 4.70 Å². The minimum absolute atomic E-state index is 0. The van der Waals surface area contributed by atoms with E-state index in [9.17, 15) is 0 Å². The van der Waals surface area contributed by atoms with E-state index in [0.717, 1.165) is 0 Å². The van der Waals surface area contributed by atoms with Crippen LogP contribution in [0, 0.1) is 0 Å². The molecule has 0 atom stereocenters. The fourth-order valence-corrected chi connectivity index (χ4v) is 0. The summed E-state index contributed by atoms with van der Waals surface area (Å²) in [6.45, 7) is 0. The van der Waals surface area contributed by atoms with E-state index in [1.165, 1.54) is 0 Å². The topological polar surface area (TPSA) is 0 Å². The van der Waals surface area contributed by atoms with Gasteiger partial charge in [-0.3, -0.25) is 4.70 Å². The van der Waals surface area contributed by atoms with Gasteiger partial charge in [-0.15, -0.1) is 0 Å². The van der Waals surface area contributed by atoms with Crippen molar-refractivity contribution in [2.24, 2.45) is 0 Å². The molecular formula is HCl2CoF3Mn. The van der Waals surface area contributed by atoms with Crippen molar-refractivity contribution in [1.29, 1.82) is 0 Å². The molecule has 0 spiro atoms. The van der Waals surface area contributed by atoms with Crippen molar-refractivity contribution in [3.8, 4) is 0 Å². The molecule has 0 bridgehead atoms. The van der Waals surface area contributed by atoms with Crippen LogP contribution in [0.3, 0.4) is 0 Å². The second-order valence-electron chi connectivity index (χ2n) is 0.0476. The predicted molar refractivity (Wildman–Crippen MR) is 14.2 cm³/mol. The molecule has 0 saturated carbocycles. The average molecular weight is 243 g/mol. The first-order chi connectivity index (χ1) is 1.41. The standard InChI is InChI=1S/2ClH.Co.3FH.Mn/h2*1H;;3*1H;/q;;+2;;;;+2/p-4. The van der Waals surface area contributed by atoms with Gasteiger partial charge in [0.25, 0.3) is 0 Å². The number of rotatable bonds is 0. The fourth-order valence-electron chi connectivity index (χ4n) is 0. The van der Waals surface area contributed by atoms with E-state index >= 15 is 0 Å². The van der Waals surface area contributed by atoms with E-state index in [1.807, 2.05) is 0 Å². The maximum atomic E-state index is 4.73. The predicted octanol–water partition coefficient (Wildman–Crippen LogP) is -4.47. The molecule has 0 aliphatic heterocycles. The molecule has 7 heavy (non-hydrogen) atoms. The Hall–Kier alpha value is 1.40. The molecule has 0 N–H and O–H groups in total. The summed E-state index contributed by atoms with van der Waals surface area (Å²) in [6, 6.07) is 0. The molecule has 0 heterocycles. The Morgan fingerprint density at radius 3 is 1.00 bits per heavy atom. The zero-order chi connectivity index (χ0) is 2.71. The maximum absolute atomic E-state index is 4.73. The quantitative estimate of drug-likeness (QED) is 0.376. The molecule has 1 radical (unpaired) electrons. The summed E-state index contributed by atoms with van der Waals surface area (Å²) in [4.78, 5) is 0. The summed E-state index contributed by atoms with van der Waals surface area (Å²) >= 11 is 0.382. The van der Waals surface area contributed by atoms with Crippen molar-refractivity contribution in [1.82, 2.24) is 0 Å². The van der Waals surface area contributed by atoms with Crippen LogP contribution in [0.1, 0.15) is 0 Å². The van der Waals surface area contributed by atoms with Gasteiger partial charge in [0, 0.05) is 0 Å². The summed E-state index contributed by atoms with van der Waals surface area (Å²) in [5.41, 5.74) is 0. The Morgan fingerprint density at radius 1 is 1.00 bits per heavy atom. The summed E-state index contributed by atoms with van der Waals surface area (Å²) in [6.07, 6.45) is 0. The normalized spacial score (nSPS) is 3.14. The minimum atomic E-state index is 0. The second kappa shape index (κ2) is 52.7. The third kappa shape index (κ3) is 111. The first-order valence-corrected chi connectivity index (χ1v) is 3.12. The van der Waals surface area contributed by atoms with Gasteiger partial charge in [0.15, 0.2) is 0 Å². The van der Waals surface area contributed by atoms with Crippen LogP contribution in [0.25, 0.3) is 0 Å². The zero-order valence-corrected chi connectivity index (χ0v) is 6.36. The monoisotopic (exact) mass is 242 g/mol. The zero-order valence-electron chi connectivity index (χ0n) is 2.63. The van der Waals surface area contributed by atoms with Crippen LogP contribution < -0.4 is 9.41 Å². The molecular weight excluding hydrogens is 242 g/mol. The minimum Gasteiger partial charge on any atom is -1.00 e. The van der Waals surface area contributed by atoms with Crippen LogP contribution in [0.15, 0.2) is 0 Å². The van der Waals surface area contributed by atoms with Crippen molar-refractivity contribution in [2.75, 3.05) is 0 Å². The van der Waals surface area contributed by atoms with Crippen molar-refractivity contribution in [3.63, 3.8) is 0 Å². The van der Waals surface area contributed by atoms with E-state index < -0.39 is 0 Å². The number of hydrogen-bond donors (Lipinski definition) is 0. The molecule has 0 aromatic carbocycles. The second-order valence-corrected chi connectivity index (χ2v) is 1.77. The molecule has 0 saturated heterocycles. The van der Waals surface area contributed by atoms with E-state index in [-0.39, 0.29) is 31.2 Å². The van der Waals surface area contributed by atoms with Gasteiger partial charge in [-0.1, -0.05) is 0 Å². The van der Waals surface area contributed by atoms with Crippen LogP contribution in [-0.4, -0.2) is 0 Å². The molecule has 0 rings (SSSR count). The molecule has 0 fully saturated rings. The fraction of sp³-hybridized carbons (Fsp3) is 0.